The van der Waals surface area contributed by atoms with Crippen molar-refractivity contribution in [3.05, 3.63) is 30.1 Å². The second kappa shape index (κ2) is 7.14. The predicted molar refractivity (Wildman–Crippen MR) is 96.6 cm³/mol. The van der Waals surface area contributed by atoms with Crippen molar-refractivity contribution < 1.29 is 9.53 Å². The molecule has 1 amide bonds. The zero-order valence-corrected chi connectivity index (χ0v) is 14.6. The number of imidazole rings is 1. The second-order valence-corrected chi connectivity index (χ2v) is 7.20. The average Bonchev–Trinajstić information content (AvgIpc) is 3.15. The second-order valence-electron chi connectivity index (χ2n) is 7.20. The molecule has 4 rings (SSSR count). The predicted octanol–water partition coefficient (Wildman–Crippen LogP) is 2.33. The minimum absolute atomic E-state index is 0.00490. The Balaban J connectivity index is 1.47. The van der Waals surface area contributed by atoms with E-state index < -0.39 is 0 Å². The van der Waals surface area contributed by atoms with Crippen LogP contribution in [0.4, 0.5) is 0 Å². The lowest BCUT2D eigenvalue weighted by atomic mass is 9.79. The topological polar surface area (TPSA) is 70.2 Å². The third-order valence-corrected chi connectivity index (χ3v) is 5.73. The Labute approximate surface area is 147 Å². The Morgan fingerprint density at radius 1 is 1.24 bits per heavy atom. The number of ether oxygens (including phenoxy) is 1. The van der Waals surface area contributed by atoms with E-state index in [4.69, 9.17) is 4.74 Å². The highest BCUT2D eigenvalue weighted by molar-refractivity contribution is 5.97. The van der Waals surface area contributed by atoms with Crippen molar-refractivity contribution in [1.29, 1.82) is 0 Å². The highest BCUT2D eigenvalue weighted by atomic mass is 16.5. The molecule has 0 unspecified atom stereocenters. The van der Waals surface area contributed by atoms with Crippen LogP contribution in [-0.2, 0) is 4.74 Å². The summed E-state index contributed by atoms with van der Waals surface area (Å²) in [4.78, 5) is 22.5. The summed E-state index contributed by atoms with van der Waals surface area (Å²) < 4.78 is 5.53. The molecule has 0 radical (unpaired) electrons. The number of rotatable bonds is 4. The van der Waals surface area contributed by atoms with Crippen molar-refractivity contribution in [2.24, 2.45) is 0 Å². The van der Waals surface area contributed by atoms with Gasteiger partial charge in [0.1, 0.15) is 0 Å². The van der Waals surface area contributed by atoms with Gasteiger partial charge in [-0.3, -0.25) is 9.69 Å². The summed E-state index contributed by atoms with van der Waals surface area (Å²) >= 11 is 0. The van der Waals surface area contributed by atoms with Crippen LogP contribution in [0.15, 0.2) is 24.5 Å². The van der Waals surface area contributed by atoms with Gasteiger partial charge in [-0.25, -0.2) is 4.98 Å². The number of fused-ring (bicyclic) bond motifs is 1. The molecule has 1 aromatic carbocycles. The van der Waals surface area contributed by atoms with Gasteiger partial charge in [0.05, 0.1) is 30.6 Å². The van der Waals surface area contributed by atoms with Crippen LogP contribution in [0.1, 0.15) is 42.5 Å². The van der Waals surface area contributed by atoms with E-state index in [1.165, 1.54) is 19.3 Å². The maximum Gasteiger partial charge on any atom is 0.251 e. The maximum absolute atomic E-state index is 12.7. The summed E-state index contributed by atoms with van der Waals surface area (Å²) in [6, 6.07) is 5.61. The lowest BCUT2D eigenvalue weighted by molar-refractivity contribution is -0.0361. The standard InChI is InChI=1S/C19H26N4O2/c24-18(15-4-5-16-17(12-15)22-14-21-16)20-13-19(6-2-1-3-7-19)23-8-10-25-11-9-23/h4-5,12,14H,1-3,6-11,13H2,(H,20,24)(H,21,22). The van der Waals surface area contributed by atoms with Gasteiger partial charge in [0.15, 0.2) is 0 Å². The quantitative estimate of drug-likeness (QED) is 0.895. The van der Waals surface area contributed by atoms with Gasteiger partial charge in [0.25, 0.3) is 5.91 Å². The fraction of sp³-hybridized carbons (Fsp3) is 0.579. The SMILES string of the molecule is O=C(NCC1(N2CCOCC2)CCCCC1)c1ccc2nc[nH]c2c1. The number of aromatic nitrogens is 2. The largest absolute Gasteiger partial charge is 0.379 e. The molecule has 2 aliphatic rings. The molecule has 2 heterocycles. The Bertz CT molecular complexity index is 730. The lowest BCUT2D eigenvalue weighted by Gasteiger charge is -2.48. The summed E-state index contributed by atoms with van der Waals surface area (Å²) in [7, 11) is 0. The number of amides is 1. The number of carbonyl (C=O) groups excluding carboxylic acids is 1. The summed E-state index contributed by atoms with van der Waals surface area (Å²) in [5.74, 6) is -0.00490. The zero-order valence-electron chi connectivity index (χ0n) is 14.6. The zero-order chi connectivity index (χ0) is 17.1. The summed E-state index contributed by atoms with van der Waals surface area (Å²) in [6.45, 7) is 4.25. The van der Waals surface area contributed by atoms with Gasteiger partial charge in [-0.1, -0.05) is 19.3 Å². The van der Waals surface area contributed by atoms with Crippen LogP contribution >= 0.6 is 0 Å². The molecule has 134 valence electrons. The fourth-order valence-electron chi connectivity index (χ4n) is 4.28. The van der Waals surface area contributed by atoms with E-state index >= 15 is 0 Å². The first-order chi connectivity index (χ1) is 12.3. The molecule has 1 aliphatic carbocycles. The smallest absolute Gasteiger partial charge is 0.251 e. The van der Waals surface area contributed by atoms with Crippen LogP contribution in [0.2, 0.25) is 0 Å². The molecule has 25 heavy (non-hydrogen) atoms. The number of nitrogens with one attached hydrogen (secondary N) is 2. The summed E-state index contributed by atoms with van der Waals surface area (Å²) in [5.41, 5.74) is 2.56. The van der Waals surface area contributed by atoms with E-state index in [0.29, 0.717) is 12.1 Å². The summed E-state index contributed by atoms with van der Waals surface area (Å²) in [6.07, 6.45) is 7.76. The van der Waals surface area contributed by atoms with Crippen LogP contribution in [0.25, 0.3) is 11.0 Å². The van der Waals surface area contributed by atoms with Crippen molar-refractivity contribution in [3.63, 3.8) is 0 Å². The number of aromatic amines is 1. The highest BCUT2D eigenvalue weighted by Gasteiger charge is 2.38. The number of carbonyl (C=O) groups is 1. The van der Waals surface area contributed by atoms with Crippen LogP contribution in [-0.4, -0.2) is 59.2 Å². The lowest BCUT2D eigenvalue weighted by Crippen LogP contribution is -2.59. The molecule has 1 aliphatic heterocycles. The molecule has 1 aromatic heterocycles. The maximum atomic E-state index is 12.7. The van der Waals surface area contributed by atoms with E-state index in [0.717, 1.165) is 50.2 Å². The van der Waals surface area contributed by atoms with Gasteiger partial charge in [-0.15, -0.1) is 0 Å². The number of benzene rings is 1. The number of hydrogen-bond donors (Lipinski definition) is 2. The van der Waals surface area contributed by atoms with Gasteiger partial charge in [-0.2, -0.15) is 0 Å². The Morgan fingerprint density at radius 2 is 2.04 bits per heavy atom. The first kappa shape index (κ1) is 16.5. The Morgan fingerprint density at radius 3 is 2.84 bits per heavy atom. The number of hydrogen-bond acceptors (Lipinski definition) is 4. The minimum Gasteiger partial charge on any atom is -0.379 e. The van der Waals surface area contributed by atoms with Crippen LogP contribution < -0.4 is 5.32 Å². The van der Waals surface area contributed by atoms with E-state index in [-0.39, 0.29) is 11.4 Å². The molecule has 2 aromatic rings. The molecule has 6 heteroatoms. The molecule has 2 N–H and O–H groups in total. The molecule has 0 spiro atoms. The third kappa shape index (κ3) is 3.41. The van der Waals surface area contributed by atoms with Crippen LogP contribution in [0, 0.1) is 0 Å². The van der Waals surface area contributed by atoms with Gasteiger partial charge in [-0.05, 0) is 31.0 Å². The number of nitrogens with zero attached hydrogens (tertiary/aromatic N) is 2. The van der Waals surface area contributed by atoms with E-state index in [9.17, 15) is 4.79 Å². The number of H-pyrrole nitrogens is 1. The summed E-state index contributed by atoms with van der Waals surface area (Å²) in [5, 5.41) is 3.21. The number of morpholine rings is 1. The molecular weight excluding hydrogens is 316 g/mol. The monoisotopic (exact) mass is 342 g/mol. The third-order valence-electron chi connectivity index (χ3n) is 5.73. The van der Waals surface area contributed by atoms with E-state index in [1.807, 2.05) is 18.2 Å². The van der Waals surface area contributed by atoms with Crippen LogP contribution in [0.3, 0.4) is 0 Å². The van der Waals surface area contributed by atoms with Gasteiger partial charge in [0, 0.05) is 30.7 Å². The van der Waals surface area contributed by atoms with Crippen molar-refractivity contribution in [2.75, 3.05) is 32.8 Å². The normalized spacial score (nSPS) is 21.3. The first-order valence-electron chi connectivity index (χ1n) is 9.31. The Kier molecular flexibility index (Phi) is 4.72. The van der Waals surface area contributed by atoms with Gasteiger partial charge in [0.2, 0.25) is 0 Å². The molecular formula is C19H26N4O2. The molecule has 6 nitrogen and oxygen atoms in total. The fourth-order valence-corrected chi connectivity index (χ4v) is 4.28. The van der Waals surface area contributed by atoms with Gasteiger partial charge < -0.3 is 15.0 Å². The van der Waals surface area contributed by atoms with Crippen molar-refractivity contribution >= 4 is 16.9 Å². The van der Waals surface area contributed by atoms with E-state index in [2.05, 4.69) is 20.2 Å². The van der Waals surface area contributed by atoms with Crippen molar-refractivity contribution in [3.8, 4) is 0 Å². The molecule has 1 saturated heterocycles. The Hall–Kier alpha value is -1.92. The van der Waals surface area contributed by atoms with Crippen molar-refractivity contribution in [1.82, 2.24) is 20.2 Å². The highest BCUT2D eigenvalue weighted by Crippen LogP contribution is 2.34. The molecule has 0 bridgehead atoms. The van der Waals surface area contributed by atoms with Crippen LogP contribution in [0.5, 0.6) is 0 Å². The van der Waals surface area contributed by atoms with Gasteiger partial charge >= 0.3 is 0 Å². The van der Waals surface area contributed by atoms with Crippen molar-refractivity contribution in [2.45, 2.75) is 37.6 Å². The van der Waals surface area contributed by atoms with E-state index in [1.54, 1.807) is 6.33 Å². The first-order valence-corrected chi connectivity index (χ1v) is 9.31. The molecule has 1 saturated carbocycles. The minimum atomic E-state index is -0.00490. The molecule has 0 atom stereocenters. The molecule has 2 fully saturated rings. The average molecular weight is 342 g/mol.